The van der Waals surface area contributed by atoms with Gasteiger partial charge in [-0.3, -0.25) is 9.36 Å². The second-order valence-corrected chi connectivity index (χ2v) is 10.5. The summed E-state index contributed by atoms with van der Waals surface area (Å²) in [6.07, 6.45) is 2.18. The predicted molar refractivity (Wildman–Crippen MR) is 141 cm³/mol. The van der Waals surface area contributed by atoms with E-state index in [1.165, 1.54) is 15.8 Å². The third kappa shape index (κ3) is 4.70. The van der Waals surface area contributed by atoms with Crippen LogP contribution in [0.3, 0.4) is 0 Å². The lowest BCUT2D eigenvalue weighted by atomic mass is 9.84. The summed E-state index contributed by atoms with van der Waals surface area (Å²) in [7, 11) is 7.90. The molecule has 0 aliphatic carbocycles. The van der Waals surface area contributed by atoms with E-state index in [1.54, 1.807) is 25.5 Å². The fourth-order valence-corrected chi connectivity index (χ4v) is 5.12. The number of hydrogen-bond donors (Lipinski definition) is 2. The molecular weight excluding hydrogens is 456 g/mol. The molecule has 2 heterocycles. The molecule has 2 aromatic heterocycles. The van der Waals surface area contributed by atoms with E-state index in [0.29, 0.717) is 5.52 Å². The number of aryl methyl sites for hydroxylation is 2. The molecule has 0 fully saturated rings. The largest absolute Gasteiger partial charge is 0.460 e. The Morgan fingerprint density at radius 3 is 2.58 bits per heavy atom. The van der Waals surface area contributed by atoms with Crippen molar-refractivity contribution in [2.75, 3.05) is 27.8 Å². The van der Waals surface area contributed by atoms with Crippen LogP contribution in [0.25, 0.3) is 21.9 Å². The molecule has 0 aliphatic rings. The van der Waals surface area contributed by atoms with Crippen molar-refractivity contribution < 1.29 is 19.2 Å². The van der Waals surface area contributed by atoms with Crippen molar-refractivity contribution in [1.29, 1.82) is 0 Å². The van der Waals surface area contributed by atoms with Crippen molar-refractivity contribution in [2.24, 2.45) is 12.5 Å². The SMILES string of the molecule is COCC(n1c(=O)[nH]c2ccccc21)C(C)(C)C(=O)OCc1cc(C)c2c(C[NH+](C)C)cn(C)c2c1. The molecule has 0 amide bonds. The van der Waals surface area contributed by atoms with Gasteiger partial charge in [0.15, 0.2) is 0 Å². The van der Waals surface area contributed by atoms with Crippen LogP contribution < -0.4 is 10.6 Å². The minimum atomic E-state index is -1.02. The van der Waals surface area contributed by atoms with Crippen molar-refractivity contribution in [3.05, 3.63) is 69.8 Å². The second-order valence-electron chi connectivity index (χ2n) is 10.5. The summed E-state index contributed by atoms with van der Waals surface area (Å²) in [6.45, 7) is 6.98. The van der Waals surface area contributed by atoms with Crippen molar-refractivity contribution in [3.8, 4) is 0 Å². The van der Waals surface area contributed by atoms with Crippen LogP contribution >= 0.6 is 0 Å². The number of imidazole rings is 1. The number of esters is 1. The summed E-state index contributed by atoms with van der Waals surface area (Å²) < 4.78 is 15.0. The number of quaternary nitrogens is 1. The van der Waals surface area contributed by atoms with Gasteiger partial charge in [0.1, 0.15) is 13.2 Å². The Morgan fingerprint density at radius 1 is 1.17 bits per heavy atom. The quantitative estimate of drug-likeness (QED) is 0.351. The van der Waals surface area contributed by atoms with Crippen LogP contribution in [0.5, 0.6) is 0 Å². The number of carbonyl (C=O) groups is 1. The maximum atomic E-state index is 13.4. The Labute approximate surface area is 211 Å². The van der Waals surface area contributed by atoms with Crippen LogP contribution in [0.15, 0.2) is 47.4 Å². The molecule has 4 rings (SSSR count). The van der Waals surface area contributed by atoms with Crippen molar-refractivity contribution in [2.45, 2.75) is 40.0 Å². The highest BCUT2D eigenvalue weighted by atomic mass is 16.5. The number of methoxy groups -OCH3 is 1. The van der Waals surface area contributed by atoms with E-state index in [4.69, 9.17) is 9.47 Å². The van der Waals surface area contributed by atoms with Gasteiger partial charge in [0.05, 0.1) is 43.2 Å². The molecule has 2 N–H and O–H groups in total. The van der Waals surface area contributed by atoms with Gasteiger partial charge in [-0.05, 0) is 50.1 Å². The number of nitrogens with one attached hydrogen (secondary N) is 2. The maximum Gasteiger partial charge on any atom is 0.326 e. The Kier molecular flexibility index (Phi) is 7.11. The summed E-state index contributed by atoms with van der Waals surface area (Å²) >= 11 is 0. The summed E-state index contributed by atoms with van der Waals surface area (Å²) in [6, 6.07) is 11.1. The number of carbonyl (C=O) groups excluding carboxylic acids is 1. The minimum absolute atomic E-state index is 0.154. The molecule has 0 saturated heterocycles. The average molecular weight is 494 g/mol. The molecule has 0 bridgehead atoms. The predicted octanol–water partition coefficient (Wildman–Crippen LogP) is 2.73. The Hall–Kier alpha value is -3.36. The van der Waals surface area contributed by atoms with Gasteiger partial charge < -0.3 is 23.9 Å². The number of benzene rings is 2. The van der Waals surface area contributed by atoms with Crippen LogP contribution in [0.2, 0.25) is 0 Å². The highest BCUT2D eigenvalue weighted by Crippen LogP contribution is 2.35. The summed E-state index contributed by atoms with van der Waals surface area (Å²) in [4.78, 5) is 30.5. The number of H-pyrrole nitrogens is 1. The molecule has 8 heteroatoms. The Bertz CT molecular complexity index is 1460. The number of nitrogens with zero attached hydrogens (tertiary/aromatic N) is 2. The van der Waals surface area contributed by atoms with E-state index < -0.39 is 11.5 Å². The third-order valence-electron chi connectivity index (χ3n) is 6.96. The highest BCUT2D eigenvalue weighted by Gasteiger charge is 2.41. The lowest BCUT2D eigenvalue weighted by molar-refractivity contribution is -0.872. The van der Waals surface area contributed by atoms with E-state index in [-0.39, 0.29) is 24.9 Å². The molecule has 0 spiro atoms. The van der Waals surface area contributed by atoms with E-state index in [1.807, 2.05) is 31.3 Å². The van der Waals surface area contributed by atoms with Gasteiger partial charge in [-0.25, -0.2) is 4.79 Å². The fraction of sp³-hybridized carbons (Fsp3) is 0.429. The van der Waals surface area contributed by atoms with Crippen molar-refractivity contribution in [1.82, 2.24) is 14.1 Å². The monoisotopic (exact) mass is 493 g/mol. The van der Waals surface area contributed by atoms with Gasteiger partial charge in [-0.2, -0.15) is 0 Å². The number of fused-ring (bicyclic) bond motifs is 2. The molecule has 1 unspecified atom stereocenters. The normalized spacial score (nSPS) is 13.1. The summed E-state index contributed by atoms with van der Waals surface area (Å²) in [5.41, 5.74) is 4.68. The molecule has 36 heavy (non-hydrogen) atoms. The molecule has 2 aromatic carbocycles. The topological polar surface area (TPSA) is 82.7 Å². The summed E-state index contributed by atoms with van der Waals surface area (Å²) in [5.74, 6) is -0.386. The maximum absolute atomic E-state index is 13.4. The van der Waals surface area contributed by atoms with Crippen LogP contribution in [0.4, 0.5) is 0 Å². The van der Waals surface area contributed by atoms with Gasteiger partial charge in [0.2, 0.25) is 0 Å². The molecule has 1 atom stereocenters. The Morgan fingerprint density at radius 2 is 1.89 bits per heavy atom. The molecular formula is C28H37N4O4+. The zero-order valence-corrected chi connectivity index (χ0v) is 22.3. The van der Waals surface area contributed by atoms with Crippen molar-refractivity contribution >= 4 is 27.9 Å². The third-order valence-corrected chi connectivity index (χ3v) is 6.96. The smallest absolute Gasteiger partial charge is 0.326 e. The van der Waals surface area contributed by atoms with Gasteiger partial charge in [0, 0.05) is 36.8 Å². The molecule has 4 aromatic rings. The number of rotatable bonds is 9. The standard InChI is InChI=1S/C28H36N4O4/c1-18-12-19(13-23-25(18)20(14-30(4)5)15-31(23)6)16-36-26(33)28(2,3)24(17-35-7)32-22-11-9-8-10-21(22)29-27(32)34/h8-13,15,24H,14,16-17H2,1-7H3,(H,29,34)/p+1. The van der Waals surface area contributed by atoms with E-state index >= 15 is 0 Å². The lowest BCUT2D eigenvalue weighted by Gasteiger charge is -2.32. The van der Waals surface area contributed by atoms with Gasteiger partial charge in [-0.15, -0.1) is 0 Å². The fourth-order valence-electron chi connectivity index (χ4n) is 5.12. The second kappa shape index (κ2) is 9.95. The molecule has 0 aliphatic heterocycles. The lowest BCUT2D eigenvalue weighted by Crippen LogP contribution is -3.04. The molecule has 0 radical (unpaired) electrons. The number of para-hydroxylation sites is 2. The van der Waals surface area contributed by atoms with Crippen LogP contribution in [0.1, 0.15) is 36.6 Å². The first-order valence-electron chi connectivity index (χ1n) is 12.3. The van der Waals surface area contributed by atoms with E-state index in [2.05, 4.69) is 48.9 Å². The van der Waals surface area contributed by atoms with Crippen LogP contribution in [-0.4, -0.2) is 47.9 Å². The Balaban J connectivity index is 1.60. The van der Waals surface area contributed by atoms with Gasteiger partial charge >= 0.3 is 11.7 Å². The molecule has 0 saturated carbocycles. The number of aromatic amines is 1. The van der Waals surface area contributed by atoms with Gasteiger partial charge in [-0.1, -0.05) is 18.2 Å². The average Bonchev–Trinajstić information content (AvgIpc) is 3.31. The molecule has 192 valence electrons. The first-order chi connectivity index (χ1) is 17.0. The number of hydrogen-bond acceptors (Lipinski definition) is 4. The highest BCUT2D eigenvalue weighted by molar-refractivity contribution is 5.88. The van der Waals surface area contributed by atoms with Crippen LogP contribution in [-0.2, 0) is 34.5 Å². The zero-order valence-electron chi connectivity index (χ0n) is 22.3. The number of ether oxygens (including phenoxy) is 2. The van der Waals surface area contributed by atoms with Gasteiger partial charge in [0.25, 0.3) is 0 Å². The van der Waals surface area contributed by atoms with Crippen LogP contribution in [0, 0.1) is 12.3 Å². The first-order valence-corrected chi connectivity index (χ1v) is 12.3. The summed E-state index contributed by atoms with van der Waals surface area (Å²) in [5, 5.41) is 1.26. The first kappa shape index (κ1) is 25.7. The van der Waals surface area contributed by atoms with E-state index in [9.17, 15) is 9.59 Å². The molecule has 8 nitrogen and oxygen atoms in total. The van der Waals surface area contributed by atoms with Crippen molar-refractivity contribution in [3.63, 3.8) is 0 Å². The zero-order chi connectivity index (χ0) is 26.2. The number of aromatic nitrogens is 3. The van der Waals surface area contributed by atoms with E-state index in [0.717, 1.165) is 28.7 Å². The minimum Gasteiger partial charge on any atom is -0.460 e.